The van der Waals surface area contributed by atoms with Gasteiger partial charge in [0.15, 0.2) is 0 Å². The van der Waals surface area contributed by atoms with Gasteiger partial charge in [-0.2, -0.15) is 0 Å². The molecule has 3 aliphatic rings. The zero-order valence-electron chi connectivity index (χ0n) is 18.3. The van der Waals surface area contributed by atoms with Gasteiger partial charge in [0.1, 0.15) is 6.10 Å². The van der Waals surface area contributed by atoms with Crippen LogP contribution in [-0.2, 0) is 9.53 Å². The van der Waals surface area contributed by atoms with E-state index in [1.807, 2.05) is 0 Å². The van der Waals surface area contributed by atoms with Gasteiger partial charge in [-0.1, -0.05) is 31.9 Å². The van der Waals surface area contributed by atoms with E-state index in [2.05, 4.69) is 57.8 Å². The molecular formula is C23H40N2O2. The van der Waals surface area contributed by atoms with E-state index in [9.17, 15) is 4.79 Å². The molecule has 0 unspecified atom stereocenters. The summed E-state index contributed by atoms with van der Waals surface area (Å²) in [5, 5.41) is 3.55. The van der Waals surface area contributed by atoms with Crippen molar-refractivity contribution in [2.24, 2.45) is 23.2 Å². The number of rotatable bonds is 7. The lowest BCUT2D eigenvalue weighted by Crippen LogP contribution is -2.43. The monoisotopic (exact) mass is 376 g/mol. The summed E-state index contributed by atoms with van der Waals surface area (Å²) in [4.78, 5) is 15.1. The number of allylic oxidation sites excluding steroid dienone is 1. The summed E-state index contributed by atoms with van der Waals surface area (Å²) in [5.41, 5.74) is 1.85. The molecule has 1 heterocycles. The zero-order valence-corrected chi connectivity index (χ0v) is 18.3. The van der Waals surface area contributed by atoms with Gasteiger partial charge < -0.3 is 10.1 Å². The molecular weight excluding hydrogens is 336 g/mol. The van der Waals surface area contributed by atoms with Crippen LogP contribution in [0.4, 0.5) is 0 Å². The van der Waals surface area contributed by atoms with Crippen molar-refractivity contribution in [3.63, 3.8) is 0 Å². The van der Waals surface area contributed by atoms with Gasteiger partial charge in [-0.3, -0.25) is 9.69 Å². The molecule has 0 aromatic heterocycles. The smallest absolute Gasteiger partial charge is 0.311 e. The fraction of sp³-hybridized carbons (Fsp3) is 0.870. The fourth-order valence-electron chi connectivity index (χ4n) is 5.86. The van der Waals surface area contributed by atoms with E-state index < -0.39 is 0 Å². The Kier molecular flexibility index (Phi) is 6.37. The molecule has 0 aromatic rings. The minimum Gasteiger partial charge on any atom is -0.461 e. The molecule has 0 spiro atoms. The molecule has 4 heteroatoms. The van der Waals surface area contributed by atoms with E-state index in [4.69, 9.17) is 4.74 Å². The maximum absolute atomic E-state index is 12.6. The third-order valence-electron chi connectivity index (χ3n) is 7.32. The molecule has 0 amide bonds. The number of hydrogen-bond acceptors (Lipinski definition) is 4. The van der Waals surface area contributed by atoms with Crippen molar-refractivity contribution >= 4 is 5.97 Å². The van der Waals surface area contributed by atoms with Gasteiger partial charge in [0.2, 0.25) is 0 Å². The Labute approximate surface area is 166 Å². The summed E-state index contributed by atoms with van der Waals surface area (Å²) >= 11 is 0. The molecule has 27 heavy (non-hydrogen) atoms. The maximum Gasteiger partial charge on any atom is 0.311 e. The third-order valence-corrected chi connectivity index (χ3v) is 7.32. The highest BCUT2D eigenvalue weighted by Gasteiger charge is 2.51. The Morgan fingerprint density at radius 1 is 1.30 bits per heavy atom. The van der Waals surface area contributed by atoms with Gasteiger partial charge >= 0.3 is 5.97 Å². The standard InChI is InChI=1S/C23H40N2O2/c1-15(2)25(16(3)4)11-10-24-14-19-18-12-20-17(5)8-7-9-23(20,6)13-21(18)27-22(19)26/h12,15-19,21,24H,7-11,13-14H2,1-6H3/t17-,18-,19+,21-,23-/m1/s1. The topological polar surface area (TPSA) is 41.6 Å². The summed E-state index contributed by atoms with van der Waals surface area (Å²) in [6.07, 6.45) is 7.39. The highest BCUT2D eigenvalue weighted by molar-refractivity contribution is 5.76. The minimum absolute atomic E-state index is 0.00817. The summed E-state index contributed by atoms with van der Waals surface area (Å²) in [6.45, 7) is 16.4. The van der Waals surface area contributed by atoms with Crippen molar-refractivity contribution in [1.29, 1.82) is 0 Å². The molecule has 1 saturated carbocycles. The van der Waals surface area contributed by atoms with Crippen LogP contribution in [0.15, 0.2) is 11.6 Å². The average molecular weight is 377 g/mol. The predicted octanol–water partition coefficient (Wildman–Crippen LogP) is 4.01. The van der Waals surface area contributed by atoms with E-state index in [0.29, 0.717) is 18.0 Å². The van der Waals surface area contributed by atoms with Crippen LogP contribution in [0.25, 0.3) is 0 Å². The summed E-state index contributed by atoms with van der Waals surface area (Å²) in [6, 6.07) is 1.09. The van der Waals surface area contributed by atoms with Crippen molar-refractivity contribution in [3.05, 3.63) is 11.6 Å². The summed E-state index contributed by atoms with van der Waals surface area (Å²) in [7, 11) is 0. The van der Waals surface area contributed by atoms with Gasteiger partial charge in [-0.05, 0) is 58.3 Å². The van der Waals surface area contributed by atoms with Crippen LogP contribution in [0.3, 0.4) is 0 Å². The number of nitrogens with zero attached hydrogens (tertiary/aromatic N) is 1. The molecule has 0 aromatic carbocycles. The number of ether oxygens (including phenoxy) is 1. The van der Waals surface area contributed by atoms with Crippen LogP contribution in [0.1, 0.15) is 67.2 Å². The Morgan fingerprint density at radius 3 is 2.67 bits per heavy atom. The molecule has 1 saturated heterocycles. The van der Waals surface area contributed by atoms with Gasteiger partial charge in [0.05, 0.1) is 5.92 Å². The number of hydrogen-bond donors (Lipinski definition) is 1. The molecule has 1 aliphatic heterocycles. The first-order valence-corrected chi connectivity index (χ1v) is 11.1. The van der Waals surface area contributed by atoms with E-state index >= 15 is 0 Å². The minimum atomic E-state index is -0.0206. The molecule has 2 aliphatic carbocycles. The Hall–Kier alpha value is -0.870. The molecule has 4 nitrogen and oxygen atoms in total. The van der Waals surface area contributed by atoms with Gasteiger partial charge in [0, 0.05) is 37.6 Å². The lowest BCUT2D eigenvalue weighted by Gasteiger charge is -2.46. The predicted molar refractivity (Wildman–Crippen MR) is 111 cm³/mol. The number of nitrogens with one attached hydrogen (secondary N) is 1. The normalized spacial score (nSPS) is 36.0. The number of esters is 1. The Bertz CT molecular complexity index is 563. The molecule has 2 fully saturated rings. The molecule has 3 rings (SSSR count). The van der Waals surface area contributed by atoms with E-state index in [1.54, 1.807) is 5.57 Å². The van der Waals surface area contributed by atoms with Crippen LogP contribution in [0.5, 0.6) is 0 Å². The lowest BCUT2D eigenvalue weighted by atomic mass is 9.59. The largest absolute Gasteiger partial charge is 0.461 e. The van der Waals surface area contributed by atoms with Crippen LogP contribution < -0.4 is 5.32 Å². The quantitative estimate of drug-likeness (QED) is 0.414. The van der Waals surface area contributed by atoms with Crippen LogP contribution in [0.2, 0.25) is 0 Å². The van der Waals surface area contributed by atoms with E-state index in [1.165, 1.54) is 19.3 Å². The molecule has 0 bridgehead atoms. The van der Waals surface area contributed by atoms with Gasteiger partial charge in [0.25, 0.3) is 0 Å². The summed E-state index contributed by atoms with van der Waals surface area (Å²) < 4.78 is 5.85. The zero-order chi connectivity index (χ0) is 19.8. The highest BCUT2D eigenvalue weighted by atomic mass is 16.6. The average Bonchev–Trinajstić information content (AvgIpc) is 2.86. The van der Waals surface area contributed by atoms with Crippen molar-refractivity contribution in [2.45, 2.75) is 85.4 Å². The van der Waals surface area contributed by atoms with E-state index in [-0.39, 0.29) is 29.3 Å². The first-order chi connectivity index (χ1) is 12.7. The number of fused-ring (bicyclic) bond motifs is 2. The van der Waals surface area contributed by atoms with Crippen molar-refractivity contribution in [3.8, 4) is 0 Å². The number of carbonyl (C=O) groups is 1. The van der Waals surface area contributed by atoms with Crippen molar-refractivity contribution in [1.82, 2.24) is 10.2 Å². The lowest BCUT2D eigenvalue weighted by molar-refractivity contribution is -0.145. The highest BCUT2D eigenvalue weighted by Crippen LogP contribution is 2.53. The maximum atomic E-state index is 12.6. The first kappa shape index (κ1) is 20.9. The van der Waals surface area contributed by atoms with Crippen molar-refractivity contribution < 1.29 is 9.53 Å². The molecule has 1 N–H and O–H groups in total. The van der Waals surface area contributed by atoms with Gasteiger partial charge in [-0.15, -0.1) is 0 Å². The fourth-order valence-corrected chi connectivity index (χ4v) is 5.86. The second kappa shape index (κ2) is 8.24. The van der Waals surface area contributed by atoms with E-state index in [0.717, 1.165) is 26.1 Å². The van der Waals surface area contributed by atoms with Crippen LogP contribution in [0, 0.1) is 23.2 Å². The Balaban J connectivity index is 1.61. The van der Waals surface area contributed by atoms with Crippen LogP contribution in [-0.4, -0.2) is 48.7 Å². The SMILES string of the molecule is CC(C)N(CCNC[C@@H]1C(=O)O[C@@H]2C[C@@]3(C)CCC[C@@H](C)C3=C[C@H]12)C(C)C. The Morgan fingerprint density at radius 2 is 2.00 bits per heavy atom. The second-order valence-corrected chi connectivity index (χ2v) is 9.97. The third kappa shape index (κ3) is 4.27. The van der Waals surface area contributed by atoms with Crippen LogP contribution >= 0.6 is 0 Å². The van der Waals surface area contributed by atoms with Crippen molar-refractivity contribution in [2.75, 3.05) is 19.6 Å². The number of carbonyl (C=O) groups excluding carboxylic acids is 1. The second-order valence-electron chi connectivity index (χ2n) is 9.97. The summed E-state index contributed by atoms with van der Waals surface area (Å²) in [5.74, 6) is 0.904. The van der Waals surface area contributed by atoms with Gasteiger partial charge in [-0.25, -0.2) is 0 Å². The molecule has 5 atom stereocenters. The molecule has 154 valence electrons. The first-order valence-electron chi connectivity index (χ1n) is 11.1. The molecule has 0 radical (unpaired) electrons.